The van der Waals surface area contributed by atoms with Crippen molar-refractivity contribution in [3.8, 4) is 11.5 Å². The highest BCUT2D eigenvalue weighted by Gasteiger charge is 2.39. The lowest BCUT2D eigenvalue weighted by molar-refractivity contribution is -0.141. The van der Waals surface area contributed by atoms with Crippen LogP contribution >= 0.6 is 11.8 Å². The van der Waals surface area contributed by atoms with Crippen molar-refractivity contribution in [3.05, 3.63) is 23.8 Å². The molecule has 168 valence electrons. The molecule has 0 saturated carbocycles. The van der Waals surface area contributed by atoms with Crippen molar-refractivity contribution >= 4 is 22.8 Å². The number of carboxylic acids is 1. The summed E-state index contributed by atoms with van der Waals surface area (Å²) in [6, 6.07) is 4.89. The third-order valence-corrected chi connectivity index (χ3v) is 5.45. The quantitative estimate of drug-likeness (QED) is 0.391. The molecule has 2 rings (SSSR count). The predicted molar refractivity (Wildman–Crippen MR) is 113 cm³/mol. The van der Waals surface area contributed by atoms with Gasteiger partial charge in [0.05, 0.1) is 51.8 Å². The molecule has 0 fully saturated rings. The first kappa shape index (κ1) is 24.4. The number of ether oxygens (including phenoxy) is 5. The molecule has 1 aromatic rings. The second kappa shape index (κ2) is 12.8. The second-order valence-electron chi connectivity index (χ2n) is 6.61. The van der Waals surface area contributed by atoms with Gasteiger partial charge in [0, 0.05) is 12.9 Å². The standard InChI is InChI=1S/C20H29NO8S/c1-20(19(23)24)14-30-18(21-20)17-15(22)4-3-5-16(17)29-13-12-28-11-10-27-9-8-26-7-6-25-2/h3-5,22H,6-14H2,1-2H3,(H,23,24)/t20-/m1/s1. The van der Waals surface area contributed by atoms with E-state index in [9.17, 15) is 15.0 Å². The molecule has 2 N–H and O–H groups in total. The number of nitrogens with zero attached hydrogens (tertiary/aromatic N) is 1. The first-order valence-corrected chi connectivity index (χ1v) is 10.6. The van der Waals surface area contributed by atoms with Crippen molar-refractivity contribution in [2.45, 2.75) is 12.5 Å². The summed E-state index contributed by atoms with van der Waals surface area (Å²) in [5.41, 5.74) is -0.804. The number of phenolic OH excluding ortho intramolecular Hbond substituents is 1. The number of aliphatic carboxylic acids is 1. The number of rotatable bonds is 15. The van der Waals surface area contributed by atoms with Crippen LogP contribution in [0.4, 0.5) is 0 Å². The van der Waals surface area contributed by atoms with Gasteiger partial charge in [0.1, 0.15) is 23.1 Å². The number of hydrogen-bond acceptors (Lipinski definition) is 9. The Bertz CT molecular complexity index is 714. The monoisotopic (exact) mass is 443 g/mol. The van der Waals surface area contributed by atoms with Crippen LogP contribution in [0.3, 0.4) is 0 Å². The predicted octanol–water partition coefficient (Wildman–Crippen LogP) is 1.80. The molecule has 30 heavy (non-hydrogen) atoms. The van der Waals surface area contributed by atoms with Crippen molar-refractivity contribution in [1.82, 2.24) is 0 Å². The van der Waals surface area contributed by atoms with Crippen molar-refractivity contribution in [3.63, 3.8) is 0 Å². The summed E-state index contributed by atoms with van der Waals surface area (Å²) in [5, 5.41) is 20.1. The number of hydrogen-bond donors (Lipinski definition) is 2. The van der Waals surface area contributed by atoms with Gasteiger partial charge in [-0.25, -0.2) is 4.79 Å². The van der Waals surface area contributed by atoms with Gasteiger partial charge in [0.2, 0.25) is 0 Å². The van der Waals surface area contributed by atoms with Gasteiger partial charge in [0.25, 0.3) is 0 Å². The molecule has 0 amide bonds. The summed E-state index contributed by atoms with van der Waals surface area (Å²) < 4.78 is 26.8. The minimum atomic E-state index is -1.21. The Morgan fingerprint density at radius 3 is 2.23 bits per heavy atom. The zero-order valence-electron chi connectivity index (χ0n) is 17.3. The number of benzene rings is 1. The van der Waals surface area contributed by atoms with Gasteiger partial charge in [-0.15, -0.1) is 11.8 Å². The molecule has 0 saturated heterocycles. The van der Waals surface area contributed by atoms with E-state index < -0.39 is 11.5 Å². The minimum Gasteiger partial charge on any atom is -0.507 e. The number of thioether (sulfide) groups is 1. The Morgan fingerprint density at radius 2 is 1.67 bits per heavy atom. The number of carboxylic acid groups (broad SMARTS) is 1. The summed E-state index contributed by atoms with van der Waals surface area (Å²) in [5.74, 6) is -0.272. The number of phenols is 1. The van der Waals surface area contributed by atoms with E-state index in [-0.39, 0.29) is 12.4 Å². The van der Waals surface area contributed by atoms with Crippen LogP contribution in [0.2, 0.25) is 0 Å². The van der Waals surface area contributed by atoms with Crippen LogP contribution in [0.1, 0.15) is 12.5 Å². The van der Waals surface area contributed by atoms with Crippen LogP contribution in [0.15, 0.2) is 23.2 Å². The fourth-order valence-electron chi connectivity index (χ4n) is 2.48. The highest BCUT2D eigenvalue weighted by atomic mass is 32.2. The van der Waals surface area contributed by atoms with E-state index in [1.165, 1.54) is 17.8 Å². The maximum atomic E-state index is 11.4. The molecule has 0 radical (unpaired) electrons. The average Bonchev–Trinajstić information content (AvgIpc) is 3.12. The molecule has 1 atom stereocenters. The fourth-order valence-corrected chi connectivity index (χ4v) is 3.71. The Balaban J connectivity index is 1.72. The normalized spacial score (nSPS) is 18.4. The van der Waals surface area contributed by atoms with Crippen LogP contribution in [-0.2, 0) is 23.7 Å². The van der Waals surface area contributed by atoms with E-state index in [0.717, 1.165) is 0 Å². The Morgan fingerprint density at radius 1 is 1.07 bits per heavy atom. The highest BCUT2D eigenvalue weighted by Crippen LogP contribution is 2.38. The zero-order chi connectivity index (χ0) is 21.8. The Hall–Kier alpha value is -1.85. The van der Waals surface area contributed by atoms with Crippen LogP contribution in [0, 0.1) is 0 Å². The van der Waals surface area contributed by atoms with E-state index in [4.69, 9.17) is 23.7 Å². The van der Waals surface area contributed by atoms with E-state index in [0.29, 0.717) is 68.4 Å². The molecule has 0 spiro atoms. The van der Waals surface area contributed by atoms with Gasteiger partial charge in [-0.3, -0.25) is 4.99 Å². The third-order valence-electron chi connectivity index (χ3n) is 4.18. The summed E-state index contributed by atoms with van der Waals surface area (Å²) in [4.78, 5) is 15.7. The molecule has 1 aliphatic rings. The molecule has 9 nitrogen and oxygen atoms in total. The summed E-state index contributed by atoms with van der Waals surface area (Å²) in [6.07, 6.45) is 0. The fraction of sp³-hybridized carbons (Fsp3) is 0.600. The molecule has 0 bridgehead atoms. The average molecular weight is 444 g/mol. The van der Waals surface area contributed by atoms with Gasteiger partial charge < -0.3 is 33.9 Å². The molecule has 1 heterocycles. The highest BCUT2D eigenvalue weighted by molar-refractivity contribution is 8.14. The molecule has 1 aromatic carbocycles. The number of methoxy groups -OCH3 is 1. The lowest BCUT2D eigenvalue weighted by Gasteiger charge is -2.13. The first-order chi connectivity index (χ1) is 14.5. The second-order valence-corrected chi connectivity index (χ2v) is 7.58. The van der Waals surface area contributed by atoms with Crippen LogP contribution < -0.4 is 4.74 Å². The summed E-state index contributed by atoms with van der Waals surface area (Å²) >= 11 is 1.28. The molecular weight excluding hydrogens is 414 g/mol. The largest absolute Gasteiger partial charge is 0.507 e. The number of aromatic hydroxyl groups is 1. The van der Waals surface area contributed by atoms with Crippen LogP contribution in [0.5, 0.6) is 11.5 Å². The van der Waals surface area contributed by atoms with Gasteiger partial charge >= 0.3 is 5.97 Å². The maximum absolute atomic E-state index is 11.4. The first-order valence-electron chi connectivity index (χ1n) is 9.61. The van der Waals surface area contributed by atoms with E-state index in [2.05, 4.69) is 4.99 Å². The maximum Gasteiger partial charge on any atom is 0.332 e. The molecule has 1 aliphatic heterocycles. The summed E-state index contributed by atoms with van der Waals surface area (Å²) in [6.45, 7) is 5.15. The number of carbonyl (C=O) groups is 1. The van der Waals surface area contributed by atoms with Crippen LogP contribution in [0.25, 0.3) is 0 Å². The third kappa shape index (κ3) is 7.44. The lowest BCUT2D eigenvalue weighted by Crippen LogP contribution is -2.33. The summed E-state index contributed by atoms with van der Waals surface area (Å²) in [7, 11) is 1.62. The van der Waals surface area contributed by atoms with Crippen molar-refractivity contribution in [1.29, 1.82) is 0 Å². The lowest BCUT2D eigenvalue weighted by atomic mass is 10.1. The Labute approximate surface area is 180 Å². The van der Waals surface area contributed by atoms with Crippen molar-refractivity contribution in [2.75, 3.05) is 65.7 Å². The SMILES string of the molecule is COCCOCCOCCOCCOc1cccc(O)c1C1=N[C@@](C)(C(=O)O)CS1. The van der Waals surface area contributed by atoms with Gasteiger partial charge in [-0.05, 0) is 19.1 Å². The van der Waals surface area contributed by atoms with Crippen molar-refractivity contribution < 1.29 is 38.7 Å². The van der Waals surface area contributed by atoms with E-state index >= 15 is 0 Å². The smallest absolute Gasteiger partial charge is 0.332 e. The van der Waals surface area contributed by atoms with Gasteiger partial charge in [0.15, 0.2) is 5.54 Å². The molecular formula is C20H29NO8S. The van der Waals surface area contributed by atoms with Crippen LogP contribution in [-0.4, -0.2) is 92.5 Å². The van der Waals surface area contributed by atoms with Crippen molar-refractivity contribution in [2.24, 2.45) is 4.99 Å². The topological polar surface area (TPSA) is 116 Å². The Kier molecular flexibility index (Phi) is 10.4. The minimum absolute atomic E-state index is 0.00424. The molecule has 10 heteroatoms. The molecule has 0 unspecified atom stereocenters. The zero-order valence-corrected chi connectivity index (χ0v) is 18.1. The van der Waals surface area contributed by atoms with Gasteiger partial charge in [-0.2, -0.15) is 0 Å². The van der Waals surface area contributed by atoms with Gasteiger partial charge in [-0.1, -0.05) is 6.07 Å². The number of aliphatic imine (C=N–C) groups is 1. The molecule has 0 aromatic heterocycles. The van der Waals surface area contributed by atoms with E-state index in [1.54, 1.807) is 26.2 Å². The molecule has 0 aliphatic carbocycles. The van der Waals surface area contributed by atoms with E-state index in [1.807, 2.05) is 0 Å².